The third-order valence-corrected chi connectivity index (χ3v) is 3.92. The average molecular weight is 304 g/mol. The maximum Gasteiger partial charge on any atom is 0.323 e. The van der Waals surface area contributed by atoms with Gasteiger partial charge in [0.1, 0.15) is 6.04 Å². The Morgan fingerprint density at radius 2 is 2.05 bits per heavy atom. The first kappa shape index (κ1) is 16.3. The molecule has 0 aliphatic heterocycles. The number of benzene rings is 1. The van der Waals surface area contributed by atoms with E-state index in [-0.39, 0.29) is 17.9 Å². The van der Waals surface area contributed by atoms with Gasteiger partial charge in [0.15, 0.2) is 0 Å². The van der Waals surface area contributed by atoms with Crippen LogP contribution in [-0.2, 0) is 16.1 Å². The zero-order valence-corrected chi connectivity index (χ0v) is 12.9. The van der Waals surface area contributed by atoms with Crippen molar-refractivity contribution in [3.05, 3.63) is 33.8 Å². The summed E-state index contributed by atoms with van der Waals surface area (Å²) in [5, 5.41) is 4.25. The molecular weight excluding hydrogens is 285 g/mol. The molecule has 3 nitrogen and oxygen atoms in total. The Morgan fingerprint density at radius 3 is 2.58 bits per heavy atom. The van der Waals surface area contributed by atoms with E-state index in [0.717, 1.165) is 12.0 Å². The van der Waals surface area contributed by atoms with E-state index < -0.39 is 0 Å². The Labute approximate surface area is 124 Å². The van der Waals surface area contributed by atoms with Crippen LogP contribution >= 0.6 is 23.2 Å². The maximum atomic E-state index is 11.7. The van der Waals surface area contributed by atoms with E-state index in [1.165, 1.54) is 7.11 Å². The van der Waals surface area contributed by atoms with Crippen LogP contribution in [0.1, 0.15) is 25.8 Å². The lowest BCUT2D eigenvalue weighted by molar-refractivity contribution is -0.144. The number of ether oxygens (including phenoxy) is 1. The predicted molar refractivity (Wildman–Crippen MR) is 78.6 cm³/mol. The van der Waals surface area contributed by atoms with Crippen molar-refractivity contribution in [1.82, 2.24) is 5.32 Å². The number of rotatable bonds is 6. The van der Waals surface area contributed by atoms with Crippen LogP contribution in [0.5, 0.6) is 0 Å². The van der Waals surface area contributed by atoms with Crippen LogP contribution in [0, 0.1) is 5.92 Å². The molecule has 5 heteroatoms. The molecule has 0 spiro atoms. The number of methoxy groups -OCH3 is 1. The minimum Gasteiger partial charge on any atom is -0.468 e. The van der Waals surface area contributed by atoms with Gasteiger partial charge in [-0.1, -0.05) is 49.5 Å². The molecule has 106 valence electrons. The van der Waals surface area contributed by atoms with Gasteiger partial charge in [0.05, 0.1) is 17.2 Å². The second-order valence-corrected chi connectivity index (χ2v) is 5.33. The normalized spacial score (nSPS) is 13.9. The Morgan fingerprint density at radius 1 is 1.37 bits per heavy atom. The molecule has 0 saturated carbocycles. The van der Waals surface area contributed by atoms with Gasteiger partial charge < -0.3 is 10.1 Å². The third kappa shape index (κ3) is 4.68. The van der Waals surface area contributed by atoms with Gasteiger partial charge in [0.25, 0.3) is 0 Å². The van der Waals surface area contributed by atoms with Crippen molar-refractivity contribution in [3.63, 3.8) is 0 Å². The number of carbonyl (C=O) groups excluding carboxylic acids is 1. The molecule has 1 rings (SSSR count). The lowest BCUT2D eigenvalue weighted by atomic mass is 9.99. The van der Waals surface area contributed by atoms with Crippen molar-refractivity contribution in [3.8, 4) is 0 Å². The Hall–Kier alpha value is -0.770. The summed E-state index contributed by atoms with van der Waals surface area (Å²) in [7, 11) is 1.40. The fourth-order valence-electron chi connectivity index (χ4n) is 1.76. The fourth-order valence-corrected chi connectivity index (χ4v) is 2.08. The molecule has 1 aromatic rings. The van der Waals surface area contributed by atoms with Gasteiger partial charge in [-0.2, -0.15) is 0 Å². The molecule has 0 unspecified atom stereocenters. The van der Waals surface area contributed by atoms with Crippen LogP contribution in [0.4, 0.5) is 0 Å². The first-order valence-electron chi connectivity index (χ1n) is 6.24. The fraction of sp³-hybridized carbons (Fsp3) is 0.500. The molecule has 0 aromatic heterocycles. The summed E-state index contributed by atoms with van der Waals surface area (Å²) in [5.74, 6) is -0.0374. The van der Waals surface area contributed by atoms with Gasteiger partial charge >= 0.3 is 5.97 Å². The summed E-state index contributed by atoms with van der Waals surface area (Å²) in [6.07, 6.45) is 0.897. The molecule has 1 N–H and O–H groups in total. The number of halogens is 2. The lowest BCUT2D eigenvalue weighted by Gasteiger charge is -2.22. The van der Waals surface area contributed by atoms with Crippen molar-refractivity contribution in [2.45, 2.75) is 32.9 Å². The summed E-state index contributed by atoms with van der Waals surface area (Å²) in [6.45, 7) is 4.60. The summed E-state index contributed by atoms with van der Waals surface area (Å²) < 4.78 is 4.82. The van der Waals surface area contributed by atoms with Crippen LogP contribution < -0.4 is 5.32 Å². The summed E-state index contributed by atoms with van der Waals surface area (Å²) in [4.78, 5) is 11.7. The summed E-state index contributed by atoms with van der Waals surface area (Å²) in [6, 6.07) is 5.11. The Bertz CT molecular complexity index is 437. The highest BCUT2D eigenvalue weighted by Gasteiger charge is 2.24. The highest BCUT2D eigenvalue weighted by atomic mass is 35.5. The number of hydrogen-bond acceptors (Lipinski definition) is 3. The van der Waals surface area contributed by atoms with Crippen molar-refractivity contribution in [2.75, 3.05) is 7.11 Å². The molecule has 0 heterocycles. The van der Waals surface area contributed by atoms with Crippen LogP contribution in [0.25, 0.3) is 0 Å². The maximum absolute atomic E-state index is 11.7. The van der Waals surface area contributed by atoms with Gasteiger partial charge in [-0.25, -0.2) is 0 Å². The van der Waals surface area contributed by atoms with E-state index in [0.29, 0.717) is 16.6 Å². The largest absolute Gasteiger partial charge is 0.468 e. The summed E-state index contributed by atoms with van der Waals surface area (Å²) >= 11 is 11.8. The standard InChI is InChI=1S/C14H19Cl2NO2/c1-4-9(2)13(14(18)19-3)17-8-10-5-6-11(15)12(16)7-10/h5-7,9,13,17H,4,8H2,1-3H3/t9-,13+/m1/s1. The van der Waals surface area contributed by atoms with E-state index in [1.807, 2.05) is 19.9 Å². The quantitative estimate of drug-likeness (QED) is 0.815. The predicted octanol–water partition coefficient (Wildman–Crippen LogP) is 3.67. The summed E-state index contributed by atoms with van der Waals surface area (Å²) in [5.41, 5.74) is 0.978. The van der Waals surface area contributed by atoms with Gasteiger partial charge in [-0.05, 0) is 23.6 Å². The van der Waals surface area contributed by atoms with E-state index in [4.69, 9.17) is 27.9 Å². The van der Waals surface area contributed by atoms with E-state index >= 15 is 0 Å². The number of hydrogen-bond donors (Lipinski definition) is 1. The Balaban J connectivity index is 2.70. The van der Waals surface area contributed by atoms with Crippen molar-refractivity contribution in [2.24, 2.45) is 5.92 Å². The molecule has 1 aromatic carbocycles. The van der Waals surface area contributed by atoms with Crippen LogP contribution in [0.15, 0.2) is 18.2 Å². The molecule has 0 saturated heterocycles. The van der Waals surface area contributed by atoms with Crippen molar-refractivity contribution >= 4 is 29.2 Å². The van der Waals surface area contributed by atoms with Gasteiger partial charge in [0, 0.05) is 6.54 Å². The second-order valence-electron chi connectivity index (χ2n) is 4.52. The molecule has 0 fully saturated rings. The molecular formula is C14H19Cl2NO2. The SMILES string of the molecule is CC[C@@H](C)[C@H](NCc1ccc(Cl)c(Cl)c1)C(=O)OC. The Kier molecular flexibility index (Phi) is 6.63. The first-order valence-corrected chi connectivity index (χ1v) is 7.00. The molecule has 0 amide bonds. The zero-order chi connectivity index (χ0) is 14.4. The van der Waals surface area contributed by atoms with E-state index in [1.54, 1.807) is 12.1 Å². The van der Waals surface area contributed by atoms with E-state index in [9.17, 15) is 4.79 Å². The van der Waals surface area contributed by atoms with Gasteiger partial charge in [-0.3, -0.25) is 4.79 Å². The molecule has 2 atom stereocenters. The third-order valence-electron chi connectivity index (χ3n) is 3.18. The number of esters is 1. The van der Waals surface area contributed by atoms with Crippen LogP contribution in [-0.4, -0.2) is 19.1 Å². The average Bonchev–Trinajstić information content (AvgIpc) is 2.42. The topological polar surface area (TPSA) is 38.3 Å². The first-order chi connectivity index (χ1) is 8.99. The van der Waals surface area contributed by atoms with Gasteiger partial charge in [-0.15, -0.1) is 0 Å². The number of carbonyl (C=O) groups is 1. The smallest absolute Gasteiger partial charge is 0.323 e. The van der Waals surface area contributed by atoms with E-state index in [2.05, 4.69) is 5.32 Å². The molecule has 0 aliphatic carbocycles. The second kappa shape index (κ2) is 7.73. The van der Waals surface area contributed by atoms with Gasteiger partial charge in [0.2, 0.25) is 0 Å². The molecule has 19 heavy (non-hydrogen) atoms. The van der Waals surface area contributed by atoms with Crippen molar-refractivity contribution < 1.29 is 9.53 Å². The van der Waals surface area contributed by atoms with Crippen LogP contribution in [0.2, 0.25) is 10.0 Å². The molecule has 0 bridgehead atoms. The highest BCUT2D eigenvalue weighted by Crippen LogP contribution is 2.22. The number of nitrogens with one attached hydrogen (secondary N) is 1. The molecule has 0 aliphatic rings. The highest BCUT2D eigenvalue weighted by molar-refractivity contribution is 6.42. The molecule has 0 radical (unpaired) electrons. The zero-order valence-electron chi connectivity index (χ0n) is 11.4. The van der Waals surface area contributed by atoms with Crippen molar-refractivity contribution in [1.29, 1.82) is 0 Å². The van der Waals surface area contributed by atoms with Crippen LogP contribution in [0.3, 0.4) is 0 Å². The minimum atomic E-state index is -0.315. The minimum absolute atomic E-state index is 0.204. The lowest BCUT2D eigenvalue weighted by Crippen LogP contribution is -2.42. The monoisotopic (exact) mass is 303 g/mol.